The first-order chi connectivity index (χ1) is 13.3. The van der Waals surface area contributed by atoms with Crippen molar-refractivity contribution in [2.24, 2.45) is 0 Å². The maximum absolute atomic E-state index is 12.5. The average molecular weight is 415 g/mol. The van der Waals surface area contributed by atoms with E-state index in [9.17, 15) is 14.4 Å². The van der Waals surface area contributed by atoms with Gasteiger partial charge in [-0.1, -0.05) is 0 Å². The number of carbonyl (C=O) groups is 3. The Hall–Kier alpha value is -2.84. The Labute approximate surface area is 170 Å². The van der Waals surface area contributed by atoms with Crippen molar-refractivity contribution in [1.82, 2.24) is 4.98 Å². The molecule has 28 heavy (non-hydrogen) atoms. The number of thiazole rings is 1. The normalized spacial score (nSPS) is 11.7. The molecule has 0 bridgehead atoms. The lowest BCUT2D eigenvalue weighted by molar-refractivity contribution is -0.114. The minimum absolute atomic E-state index is 0.192. The molecule has 1 atom stereocenters. The van der Waals surface area contributed by atoms with Crippen molar-refractivity contribution >= 4 is 46.0 Å². The van der Waals surface area contributed by atoms with Gasteiger partial charge in [-0.15, -0.1) is 11.3 Å². The Kier molecular flexibility index (Phi) is 6.01. The van der Waals surface area contributed by atoms with Gasteiger partial charge in [0.15, 0.2) is 6.10 Å². The Morgan fingerprint density at radius 3 is 2.46 bits per heavy atom. The third-order valence-electron chi connectivity index (χ3n) is 3.89. The first-order valence-corrected chi connectivity index (χ1v) is 10.2. The van der Waals surface area contributed by atoms with Crippen LogP contribution in [0.3, 0.4) is 0 Å². The number of hydrogen-bond donors (Lipinski definition) is 1. The highest BCUT2D eigenvalue weighted by Gasteiger charge is 2.24. The van der Waals surface area contributed by atoms with Crippen LogP contribution in [0.2, 0.25) is 0 Å². The molecule has 0 fully saturated rings. The second-order valence-corrected chi connectivity index (χ2v) is 7.90. The van der Waals surface area contributed by atoms with E-state index in [0.717, 1.165) is 10.6 Å². The minimum Gasteiger partial charge on any atom is -0.450 e. The number of ether oxygens (including phenoxy) is 1. The molecule has 3 rings (SSSR count). The first-order valence-electron chi connectivity index (χ1n) is 8.48. The zero-order valence-electron chi connectivity index (χ0n) is 15.5. The molecule has 0 spiro atoms. The molecule has 1 amide bonds. The van der Waals surface area contributed by atoms with Gasteiger partial charge in [-0.05, 0) is 49.6 Å². The lowest BCUT2D eigenvalue weighted by Crippen LogP contribution is -2.24. The van der Waals surface area contributed by atoms with Gasteiger partial charge >= 0.3 is 5.97 Å². The van der Waals surface area contributed by atoms with Gasteiger partial charge in [-0.25, -0.2) is 9.78 Å². The van der Waals surface area contributed by atoms with E-state index in [1.54, 1.807) is 42.5 Å². The fourth-order valence-corrected chi connectivity index (χ4v) is 4.18. The van der Waals surface area contributed by atoms with E-state index in [1.165, 1.54) is 25.2 Å². The molecule has 0 aliphatic rings. The van der Waals surface area contributed by atoms with Crippen LogP contribution < -0.4 is 5.32 Å². The highest BCUT2D eigenvalue weighted by Crippen LogP contribution is 2.30. The van der Waals surface area contributed by atoms with Gasteiger partial charge in [0, 0.05) is 29.1 Å². The number of thiophene rings is 1. The summed E-state index contributed by atoms with van der Waals surface area (Å²) in [7, 11) is 0. The summed E-state index contributed by atoms with van der Waals surface area (Å²) in [6.07, 6.45) is -0.940. The maximum atomic E-state index is 12.5. The van der Waals surface area contributed by atoms with Gasteiger partial charge in [-0.2, -0.15) is 11.3 Å². The monoisotopic (exact) mass is 414 g/mol. The molecule has 3 aromatic rings. The van der Waals surface area contributed by atoms with Crippen LogP contribution in [-0.2, 0) is 9.53 Å². The number of nitrogens with zero attached hydrogens (tertiary/aromatic N) is 1. The second kappa shape index (κ2) is 8.45. The zero-order valence-corrected chi connectivity index (χ0v) is 17.1. The molecule has 8 heteroatoms. The highest BCUT2D eigenvalue weighted by molar-refractivity contribution is 7.17. The van der Waals surface area contributed by atoms with Crippen molar-refractivity contribution in [1.29, 1.82) is 0 Å². The molecular weight excluding hydrogens is 396 g/mol. The molecule has 2 aromatic heterocycles. The van der Waals surface area contributed by atoms with Gasteiger partial charge in [0.25, 0.3) is 0 Å². The summed E-state index contributed by atoms with van der Waals surface area (Å²) >= 11 is 2.81. The van der Waals surface area contributed by atoms with Crippen molar-refractivity contribution in [2.45, 2.75) is 26.9 Å². The number of nitrogens with one attached hydrogen (secondary N) is 1. The lowest BCUT2D eigenvalue weighted by atomic mass is 10.1. The fourth-order valence-electron chi connectivity index (χ4n) is 2.52. The molecule has 0 radical (unpaired) electrons. The molecule has 1 aromatic carbocycles. The van der Waals surface area contributed by atoms with Crippen LogP contribution in [0.5, 0.6) is 0 Å². The van der Waals surface area contributed by atoms with E-state index in [-0.39, 0.29) is 11.7 Å². The molecule has 0 saturated carbocycles. The van der Waals surface area contributed by atoms with Gasteiger partial charge in [0.05, 0.1) is 5.69 Å². The van der Waals surface area contributed by atoms with Crippen LogP contribution >= 0.6 is 22.7 Å². The number of esters is 1. The third kappa shape index (κ3) is 4.52. The van der Waals surface area contributed by atoms with E-state index >= 15 is 0 Å². The number of anilines is 1. The summed E-state index contributed by atoms with van der Waals surface area (Å²) in [5.74, 6) is -1.07. The molecule has 1 unspecified atom stereocenters. The number of amides is 1. The molecular formula is C20H18N2O4S2. The Balaban J connectivity index is 1.68. The summed E-state index contributed by atoms with van der Waals surface area (Å²) < 4.78 is 5.37. The van der Waals surface area contributed by atoms with Crippen LogP contribution in [-0.4, -0.2) is 28.7 Å². The van der Waals surface area contributed by atoms with Crippen LogP contribution in [0.1, 0.15) is 39.6 Å². The van der Waals surface area contributed by atoms with Crippen LogP contribution in [0.15, 0.2) is 41.1 Å². The molecule has 0 saturated heterocycles. The number of carbonyl (C=O) groups excluding carboxylic acids is 3. The van der Waals surface area contributed by atoms with Crippen molar-refractivity contribution in [3.8, 4) is 10.6 Å². The standard InChI is InChI=1S/C20H18N2O4S2/c1-11-18(28-19(21-11)15-8-9-27-10-15)20(25)26-12(2)17(24)14-4-6-16(7-5-14)22-13(3)23/h4-10,12H,1-3H3,(H,22,23). The van der Waals surface area contributed by atoms with Crippen LogP contribution in [0, 0.1) is 6.92 Å². The number of ketones is 1. The predicted molar refractivity (Wildman–Crippen MR) is 110 cm³/mol. The smallest absolute Gasteiger partial charge is 0.350 e. The molecule has 0 aliphatic heterocycles. The second-order valence-electron chi connectivity index (χ2n) is 6.12. The number of benzene rings is 1. The van der Waals surface area contributed by atoms with Crippen molar-refractivity contribution in [2.75, 3.05) is 5.32 Å². The Bertz CT molecular complexity index is 1010. The van der Waals surface area contributed by atoms with E-state index in [4.69, 9.17) is 4.74 Å². The SMILES string of the molecule is CC(=O)Nc1ccc(C(=O)C(C)OC(=O)c2sc(-c3ccsc3)nc2C)cc1. The van der Waals surface area contributed by atoms with Crippen LogP contribution in [0.4, 0.5) is 5.69 Å². The van der Waals surface area contributed by atoms with Crippen molar-refractivity contribution < 1.29 is 19.1 Å². The highest BCUT2D eigenvalue weighted by atomic mass is 32.1. The molecule has 1 N–H and O–H groups in total. The Morgan fingerprint density at radius 1 is 1.14 bits per heavy atom. The van der Waals surface area contributed by atoms with Gasteiger partial charge in [0.1, 0.15) is 9.88 Å². The number of hydrogen-bond acceptors (Lipinski definition) is 7. The van der Waals surface area contributed by atoms with Crippen molar-refractivity contribution in [3.05, 3.63) is 57.2 Å². The first kappa shape index (κ1) is 19.9. The minimum atomic E-state index is -0.940. The van der Waals surface area contributed by atoms with E-state index in [2.05, 4.69) is 10.3 Å². The quantitative estimate of drug-likeness (QED) is 0.472. The molecule has 6 nitrogen and oxygen atoms in total. The summed E-state index contributed by atoms with van der Waals surface area (Å²) in [5, 5.41) is 7.29. The molecule has 0 aliphatic carbocycles. The Morgan fingerprint density at radius 2 is 1.86 bits per heavy atom. The third-order valence-corrected chi connectivity index (χ3v) is 5.76. The van der Waals surface area contributed by atoms with E-state index in [0.29, 0.717) is 21.8 Å². The summed E-state index contributed by atoms with van der Waals surface area (Å²) in [6, 6.07) is 8.37. The van der Waals surface area contributed by atoms with Gasteiger partial charge in [-0.3, -0.25) is 9.59 Å². The summed E-state index contributed by atoms with van der Waals surface area (Å²) in [5.41, 5.74) is 2.53. The topological polar surface area (TPSA) is 85.4 Å². The summed E-state index contributed by atoms with van der Waals surface area (Å²) in [6.45, 7) is 4.69. The van der Waals surface area contributed by atoms with Crippen molar-refractivity contribution in [3.63, 3.8) is 0 Å². The van der Waals surface area contributed by atoms with Gasteiger partial charge in [0.2, 0.25) is 11.7 Å². The lowest BCUT2D eigenvalue weighted by Gasteiger charge is -2.12. The fraction of sp³-hybridized carbons (Fsp3) is 0.200. The number of aromatic nitrogens is 1. The number of Topliss-reactive ketones (excluding diaryl/α,β-unsaturated/α-hetero) is 1. The predicted octanol–water partition coefficient (Wildman–Crippen LogP) is 4.57. The number of aryl methyl sites for hydroxylation is 1. The maximum Gasteiger partial charge on any atom is 0.350 e. The largest absolute Gasteiger partial charge is 0.450 e. The van der Waals surface area contributed by atoms with E-state index < -0.39 is 12.1 Å². The van der Waals surface area contributed by atoms with E-state index in [1.807, 2.05) is 16.8 Å². The molecule has 2 heterocycles. The van der Waals surface area contributed by atoms with Crippen LogP contribution in [0.25, 0.3) is 10.6 Å². The molecule has 144 valence electrons. The average Bonchev–Trinajstić information content (AvgIpc) is 3.30. The zero-order chi connectivity index (χ0) is 20.3. The van der Waals surface area contributed by atoms with Gasteiger partial charge < -0.3 is 10.1 Å². The summed E-state index contributed by atoms with van der Waals surface area (Å²) in [4.78, 5) is 40.9. The number of rotatable bonds is 6.